The number of nitrogens with zero attached hydrogens (tertiary/aromatic N) is 1. The lowest BCUT2D eigenvalue weighted by Gasteiger charge is -2.18. The fourth-order valence-electron chi connectivity index (χ4n) is 1.72. The predicted octanol–water partition coefficient (Wildman–Crippen LogP) is 2.43. The van der Waals surface area contributed by atoms with Gasteiger partial charge in [0.25, 0.3) is 0 Å². The average molecular weight is 304 g/mol. The molecule has 0 radical (unpaired) electrons. The molecule has 1 unspecified atom stereocenters. The molecular formula is C13H15F3N2O3. The van der Waals surface area contributed by atoms with Crippen LogP contribution >= 0.6 is 0 Å². The molecule has 8 heteroatoms. The van der Waals surface area contributed by atoms with E-state index in [1.54, 1.807) is 6.07 Å². The third-order valence-electron chi connectivity index (χ3n) is 2.66. The highest BCUT2D eigenvalue weighted by Gasteiger charge is 2.29. The van der Waals surface area contributed by atoms with Crippen molar-refractivity contribution in [3.05, 3.63) is 17.7 Å². The van der Waals surface area contributed by atoms with Crippen molar-refractivity contribution in [3.8, 4) is 23.3 Å². The number of benzene rings is 1. The largest absolute Gasteiger partial charge is 0.493 e. The minimum absolute atomic E-state index is 0.265. The summed E-state index contributed by atoms with van der Waals surface area (Å²) < 4.78 is 52.0. The van der Waals surface area contributed by atoms with E-state index in [9.17, 15) is 13.2 Å². The van der Waals surface area contributed by atoms with Crippen LogP contribution in [-0.2, 0) is 0 Å². The van der Waals surface area contributed by atoms with Gasteiger partial charge in [-0.2, -0.15) is 18.4 Å². The second-order valence-electron chi connectivity index (χ2n) is 4.02. The Morgan fingerprint density at radius 1 is 1.14 bits per heavy atom. The zero-order valence-corrected chi connectivity index (χ0v) is 11.7. The molecule has 0 amide bonds. The van der Waals surface area contributed by atoms with E-state index < -0.39 is 18.8 Å². The minimum Gasteiger partial charge on any atom is -0.493 e. The van der Waals surface area contributed by atoms with Crippen LogP contribution in [0.5, 0.6) is 17.2 Å². The van der Waals surface area contributed by atoms with Gasteiger partial charge in [0, 0.05) is 0 Å². The van der Waals surface area contributed by atoms with Gasteiger partial charge in [-0.25, -0.2) is 0 Å². The molecule has 0 fully saturated rings. The van der Waals surface area contributed by atoms with Crippen molar-refractivity contribution in [2.45, 2.75) is 12.2 Å². The van der Waals surface area contributed by atoms with E-state index in [1.165, 1.54) is 33.5 Å². The quantitative estimate of drug-likeness (QED) is 0.874. The molecule has 0 aliphatic rings. The van der Waals surface area contributed by atoms with Crippen LogP contribution in [0, 0.1) is 11.3 Å². The number of nitriles is 1. The molecule has 0 aromatic heterocycles. The summed E-state index contributed by atoms with van der Waals surface area (Å²) in [4.78, 5) is 0. The number of alkyl halides is 3. The molecule has 0 aliphatic carbocycles. The van der Waals surface area contributed by atoms with Crippen molar-refractivity contribution in [2.75, 3.05) is 27.9 Å². The van der Waals surface area contributed by atoms with Crippen molar-refractivity contribution < 1.29 is 27.4 Å². The first kappa shape index (κ1) is 16.9. The van der Waals surface area contributed by atoms with Gasteiger partial charge in [-0.1, -0.05) is 0 Å². The topological polar surface area (TPSA) is 63.5 Å². The SMILES string of the molecule is COc1cc(C(C#N)NCC(F)(F)F)cc(OC)c1OC. The summed E-state index contributed by atoms with van der Waals surface area (Å²) in [5, 5.41) is 11.2. The molecule has 0 saturated carbocycles. The van der Waals surface area contributed by atoms with E-state index in [4.69, 9.17) is 19.5 Å². The Morgan fingerprint density at radius 3 is 2.00 bits per heavy atom. The van der Waals surface area contributed by atoms with Crippen molar-refractivity contribution in [2.24, 2.45) is 0 Å². The normalized spacial score (nSPS) is 12.4. The van der Waals surface area contributed by atoms with E-state index >= 15 is 0 Å². The standard InChI is InChI=1S/C13H15F3N2O3/c1-19-10-4-8(5-11(20-2)12(10)21-3)9(6-17)18-7-13(14,15)16/h4-5,9,18H,7H2,1-3H3. The van der Waals surface area contributed by atoms with Gasteiger partial charge in [0.1, 0.15) is 6.04 Å². The smallest absolute Gasteiger partial charge is 0.401 e. The van der Waals surface area contributed by atoms with Gasteiger partial charge in [0.2, 0.25) is 5.75 Å². The maximum atomic E-state index is 12.2. The molecule has 1 aromatic rings. The highest BCUT2D eigenvalue weighted by molar-refractivity contribution is 5.55. The summed E-state index contributed by atoms with van der Waals surface area (Å²) >= 11 is 0. The molecule has 5 nitrogen and oxygen atoms in total. The van der Waals surface area contributed by atoms with E-state index in [2.05, 4.69) is 5.32 Å². The van der Waals surface area contributed by atoms with Gasteiger partial charge in [0.15, 0.2) is 11.5 Å². The first-order chi connectivity index (χ1) is 9.86. The molecule has 0 heterocycles. The zero-order chi connectivity index (χ0) is 16.0. The first-order valence-corrected chi connectivity index (χ1v) is 5.86. The van der Waals surface area contributed by atoms with Crippen LogP contribution < -0.4 is 19.5 Å². The molecule has 0 aliphatic heterocycles. The fourth-order valence-corrected chi connectivity index (χ4v) is 1.72. The van der Waals surface area contributed by atoms with Crippen molar-refractivity contribution in [1.82, 2.24) is 5.32 Å². The molecule has 0 spiro atoms. The molecule has 116 valence electrons. The van der Waals surface area contributed by atoms with Crippen LogP contribution in [0.4, 0.5) is 13.2 Å². The van der Waals surface area contributed by atoms with Crippen molar-refractivity contribution in [3.63, 3.8) is 0 Å². The summed E-state index contributed by atoms with van der Waals surface area (Å²) in [7, 11) is 4.17. The van der Waals surface area contributed by atoms with E-state index in [-0.39, 0.29) is 17.1 Å². The summed E-state index contributed by atoms with van der Waals surface area (Å²) in [5.41, 5.74) is 0.288. The lowest BCUT2D eigenvalue weighted by Crippen LogP contribution is -2.31. The Morgan fingerprint density at radius 2 is 1.67 bits per heavy atom. The Hall–Kier alpha value is -2.14. The summed E-state index contributed by atoms with van der Waals surface area (Å²) in [6, 6.07) is 3.47. The third-order valence-corrected chi connectivity index (χ3v) is 2.66. The Kier molecular flexibility index (Phi) is 5.67. The number of rotatable bonds is 6. The third kappa shape index (κ3) is 4.43. The second-order valence-corrected chi connectivity index (χ2v) is 4.02. The number of hydrogen-bond donors (Lipinski definition) is 1. The molecule has 21 heavy (non-hydrogen) atoms. The fraction of sp³-hybridized carbons (Fsp3) is 0.462. The van der Waals surface area contributed by atoms with Crippen molar-refractivity contribution in [1.29, 1.82) is 5.26 Å². The Bertz CT molecular complexity index is 501. The molecule has 1 atom stereocenters. The Labute approximate surface area is 120 Å². The van der Waals surface area contributed by atoms with Gasteiger partial charge >= 0.3 is 6.18 Å². The van der Waals surface area contributed by atoms with Crippen LogP contribution in [0.2, 0.25) is 0 Å². The highest BCUT2D eigenvalue weighted by atomic mass is 19.4. The number of methoxy groups -OCH3 is 3. The molecule has 1 N–H and O–H groups in total. The number of halogens is 3. The van der Waals surface area contributed by atoms with E-state index in [1.807, 2.05) is 0 Å². The lowest BCUT2D eigenvalue weighted by molar-refractivity contribution is -0.125. The molecule has 1 aromatic carbocycles. The van der Waals surface area contributed by atoms with Gasteiger partial charge in [-0.05, 0) is 17.7 Å². The maximum absolute atomic E-state index is 12.2. The average Bonchev–Trinajstić information content (AvgIpc) is 2.45. The molecule has 0 bridgehead atoms. The number of hydrogen-bond acceptors (Lipinski definition) is 5. The Balaban J connectivity index is 3.13. The van der Waals surface area contributed by atoms with Gasteiger partial charge in [-0.3, -0.25) is 5.32 Å². The minimum atomic E-state index is -4.41. The molecule has 0 saturated heterocycles. The number of nitrogens with one attached hydrogen (secondary N) is 1. The summed E-state index contributed by atoms with van der Waals surface area (Å²) in [5.74, 6) is 0.832. The van der Waals surface area contributed by atoms with Crippen LogP contribution in [0.1, 0.15) is 11.6 Å². The van der Waals surface area contributed by atoms with Crippen LogP contribution in [0.25, 0.3) is 0 Å². The van der Waals surface area contributed by atoms with E-state index in [0.717, 1.165) is 0 Å². The second kappa shape index (κ2) is 7.04. The van der Waals surface area contributed by atoms with Crippen LogP contribution in [0.15, 0.2) is 12.1 Å². The highest BCUT2D eigenvalue weighted by Crippen LogP contribution is 2.39. The van der Waals surface area contributed by atoms with Gasteiger partial charge < -0.3 is 14.2 Å². The predicted molar refractivity (Wildman–Crippen MR) is 68.5 cm³/mol. The van der Waals surface area contributed by atoms with E-state index in [0.29, 0.717) is 5.75 Å². The molecular weight excluding hydrogens is 289 g/mol. The van der Waals surface area contributed by atoms with Gasteiger partial charge in [0.05, 0.1) is 33.9 Å². The molecule has 1 rings (SSSR count). The monoisotopic (exact) mass is 304 g/mol. The number of ether oxygens (including phenoxy) is 3. The van der Waals surface area contributed by atoms with Crippen LogP contribution in [-0.4, -0.2) is 34.1 Å². The zero-order valence-electron chi connectivity index (χ0n) is 11.7. The van der Waals surface area contributed by atoms with Gasteiger partial charge in [-0.15, -0.1) is 0 Å². The maximum Gasteiger partial charge on any atom is 0.401 e. The first-order valence-electron chi connectivity index (χ1n) is 5.86. The summed E-state index contributed by atoms with van der Waals surface area (Å²) in [6.45, 7) is -1.28. The van der Waals surface area contributed by atoms with Crippen molar-refractivity contribution >= 4 is 0 Å². The summed E-state index contributed by atoms with van der Waals surface area (Å²) in [6.07, 6.45) is -4.41. The lowest BCUT2D eigenvalue weighted by atomic mass is 10.1. The van der Waals surface area contributed by atoms with Crippen LogP contribution in [0.3, 0.4) is 0 Å².